The highest BCUT2D eigenvalue weighted by Crippen LogP contribution is 2.29. The van der Waals surface area contributed by atoms with Crippen molar-refractivity contribution in [1.29, 1.82) is 0 Å². The molecule has 0 saturated heterocycles. The predicted octanol–water partition coefficient (Wildman–Crippen LogP) is 3.42. The molecule has 18 heavy (non-hydrogen) atoms. The van der Waals surface area contributed by atoms with E-state index in [-0.39, 0.29) is 5.82 Å². The van der Waals surface area contributed by atoms with Crippen molar-refractivity contribution in [1.82, 2.24) is 4.90 Å². The molecular weight excluding hydrogens is 227 g/mol. The Hall–Kier alpha value is -1.09. The molecule has 3 heteroatoms. The fourth-order valence-electron chi connectivity index (χ4n) is 3.06. The monoisotopic (exact) mass is 250 g/mol. The molecule has 1 aromatic carbocycles. The minimum atomic E-state index is -0.308. The molecule has 0 aromatic heterocycles. The van der Waals surface area contributed by atoms with E-state index in [1.54, 1.807) is 6.07 Å². The van der Waals surface area contributed by atoms with Crippen LogP contribution in [0.15, 0.2) is 18.2 Å². The number of nitrogens with two attached hydrogens (primary N) is 1. The largest absolute Gasteiger partial charge is 0.396 e. The van der Waals surface area contributed by atoms with E-state index in [2.05, 4.69) is 18.9 Å². The lowest BCUT2D eigenvalue weighted by Gasteiger charge is -2.36. The number of hydrogen-bond donors (Lipinski definition) is 1. The van der Waals surface area contributed by atoms with Gasteiger partial charge in [0.15, 0.2) is 0 Å². The molecule has 1 aliphatic carbocycles. The van der Waals surface area contributed by atoms with E-state index in [9.17, 15) is 4.39 Å². The Morgan fingerprint density at radius 2 is 2.06 bits per heavy atom. The van der Waals surface area contributed by atoms with Crippen LogP contribution in [0.1, 0.15) is 38.2 Å². The Balaban J connectivity index is 2.06. The van der Waals surface area contributed by atoms with Crippen molar-refractivity contribution in [2.24, 2.45) is 5.92 Å². The lowest BCUT2D eigenvalue weighted by molar-refractivity contribution is 0.133. The van der Waals surface area contributed by atoms with Gasteiger partial charge in [-0.1, -0.05) is 31.9 Å². The lowest BCUT2D eigenvalue weighted by atomic mass is 9.85. The number of nitrogen functional groups attached to an aromatic ring is 1. The summed E-state index contributed by atoms with van der Waals surface area (Å²) in [4.78, 5) is 2.33. The maximum Gasteiger partial charge on any atom is 0.146 e. The van der Waals surface area contributed by atoms with Gasteiger partial charge in [-0.2, -0.15) is 0 Å². The Kier molecular flexibility index (Phi) is 4.23. The molecule has 0 spiro atoms. The number of benzene rings is 1. The maximum atomic E-state index is 13.4. The molecule has 1 aromatic rings. The lowest BCUT2D eigenvalue weighted by Crippen LogP contribution is -2.38. The molecule has 1 fully saturated rings. The van der Waals surface area contributed by atoms with E-state index >= 15 is 0 Å². The van der Waals surface area contributed by atoms with Crippen LogP contribution in [0.4, 0.5) is 10.1 Å². The summed E-state index contributed by atoms with van der Waals surface area (Å²) in [7, 11) is 2.12. The Labute approximate surface area is 109 Å². The standard InChI is InChI=1S/C15H23FN2/c1-11-6-3-4-9-14(11)18(2)10-12-7-5-8-13(16)15(12)17/h5,7-8,11,14H,3-4,6,9-10,17H2,1-2H3. The van der Waals surface area contributed by atoms with E-state index in [4.69, 9.17) is 5.73 Å². The third-order valence-electron chi connectivity index (χ3n) is 4.20. The number of hydrogen-bond acceptors (Lipinski definition) is 2. The van der Waals surface area contributed by atoms with Gasteiger partial charge in [-0.3, -0.25) is 4.90 Å². The van der Waals surface area contributed by atoms with Gasteiger partial charge in [0.05, 0.1) is 5.69 Å². The van der Waals surface area contributed by atoms with Gasteiger partial charge in [-0.25, -0.2) is 4.39 Å². The molecule has 1 saturated carbocycles. The van der Waals surface area contributed by atoms with Crippen molar-refractivity contribution >= 4 is 5.69 Å². The van der Waals surface area contributed by atoms with Crippen molar-refractivity contribution in [3.05, 3.63) is 29.6 Å². The normalized spacial score (nSPS) is 24.4. The van der Waals surface area contributed by atoms with Crippen LogP contribution in [0.5, 0.6) is 0 Å². The molecule has 2 unspecified atom stereocenters. The molecule has 2 rings (SSSR count). The first-order chi connectivity index (χ1) is 8.59. The number of rotatable bonds is 3. The minimum Gasteiger partial charge on any atom is -0.396 e. The topological polar surface area (TPSA) is 29.3 Å². The Morgan fingerprint density at radius 1 is 1.33 bits per heavy atom. The summed E-state index contributed by atoms with van der Waals surface area (Å²) in [5, 5.41) is 0. The van der Waals surface area contributed by atoms with Gasteiger partial charge in [-0.15, -0.1) is 0 Å². The van der Waals surface area contributed by atoms with E-state index in [1.165, 1.54) is 31.7 Å². The van der Waals surface area contributed by atoms with Crippen LogP contribution in [-0.2, 0) is 6.54 Å². The van der Waals surface area contributed by atoms with Crippen LogP contribution in [-0.4, -0.2) is 18.0 Å². The summed E-state index contributed by atoms with van der Waals surface area (Å²) in [6.45, 7) is 3.05. The van der Waals surface area contributed by atoms with Crippen molar-refractivity contribution < 1.29 is 4.39 Å². The second kappa shape index (κ2) is 5.70. The molecule has 0 amide bonds. The highest BCUT2D eigenvalue weighted by Gasteiger charge is 2.25. The number of anilines is 1. The minimum absolute atomic E-state index is 0.299. The third kappa shape index (κ3) is 2.83. The number of nitrogens with zero attached hydrogens (tertiary/aromatic N) is 1. The molecule has 1 aliphatic rings. The highest BCUT2D eigenvalue weighted by molar-refractivity contribution is 5.47. The molecule has 100 valence electrons. The zero-order chi connectivity index (χ0) is 13.1. The second-order valence-electron chi connectivity index (χ2n) is 5.56. The van der Waals surface area contributed by atoms with Gasteiger partial charge in [0, 0.05) is 12.6 Å². The van der Waals surface area contributed by atoms with Crippen LogP contribution < -0.4 is 5.73 Å². The quantitative estimate of drug-likeness (QED) is 0.833. The van der Waals surface area contributed by atoms with Crippen LogP contribution in [0.3, 0.4) is 0 Å². The highest BCUT2D eigenvalue weighted by atomic mass is 19.1. The van der Waals surface area contributed by atoms with E-state index in [0.717, 1.165) is 18.0 Å². The van der Waals surface area contributed by atoms with E-state index < -0.39 is 0 Å². The van der Waals surface area contributed by atoms with Crippen LogP contribution in [0, 0.1) is 11.7 Å². The van der Waals surface area contributed by atoms with Crippen LogP contribution in [0.25, 0.3) is 0 Å². The zero-order valence-electron chi connectivity index (χ0n) is 11.3. The van der Waals surface area contributed by atoms with Crippen molar-refractivity contribution in [2.75, 3.05) is 12.8 Å². The van der Waals surface area contributed by atoms with Gasteiger partial charge >= 0.3 is 0 Å². The van der Waals surface area contributed by atoms with Crippen LogP contribution >= 0.6 is 0 Å². The van der Waals surface area contributed by atoms with Gasteiger partial charge in [0.1, 0.15) is 5.82 Å². The smallest absolute Gasteiger partial charge is 0.146 e. The van der Waals surface area contributed by atoms with E-state index in [1.807, 2.05) is 6.07 Å². The number of halogens is 1. The average Bonchev–Trinajstić information content (AvgIpc) is 2.35. The second-order valence-corrected chi connectivity index (χ2v) is 5.56. The number of para-hydroxylation sites is 1. The van der Waals surface area contributed by atoms with Gasteiger partial charge < -0.3 is 5.73 Å². The fourth-order valence-corrected chi connectivity index (χ4v) is 3.06. The summed E-state index contributed by atoms with van der Waals surface area (Å²) in [6.07, 6.45) is 5.19. The molecular formula is C15H23FN2. The maximum absolute atomic E-state index is 13.4. The fraction of sp³-hybridized carbons (Fsp3) is 0.600. The molecule has 2 N–H and O–H groups in total. The first-order valence-corrected chi connectivity index (χ1v) is 6.82. The Morgan fingerprint density at radius 3 is 2.78 bits per heavy atom. The van der Waals surface area contributed by atoms with Gasteiger partial charge in [-0.05, 0) is 37.4 Å². The third-order valence-corrected chi connectivity index (χ3v) is 4.20. The van der Waals surface area contributed by atoms with Crippen LogP contribution in [0.2, 0.25) is 0 Å². The molecule has 0 radical (unpaired) electrons. The Bertz CT molecular complexity index is 405. The SMILES string of the molecule is CC1CCCCC1N(C)Cc1cccc(F)c1N. The van der Waals surface area contributed by atoms with Gasteiger partial charge in [0.2, 0.25) is 0 Å². The summed E-state index contributed by atoms with van der Waals surface area (Å²) in [5.41, 5.74) is 6.99. The summed E-state index contributed by atoms with van der Waals surface area (Å²) < 4.78 is 13.4. The molecule has 0 bridgehead atoms. The molecule has 2 nitrogen and oxygen atoms in total. The van der Waals surface area contributed by atoms with Crippen molar-refractivity contribution in [2.45, 2.75) is 45.2 Å². The van der Waals surface area contributed by atoms with E-state index in [0.29, 0.717) is 11.7 Å². The summed E-state index contributed by atoms with van der Waals surface area (Å²) in [5.74, 6) is 0.413. The molecule has 0 heterocycles. The van der Waals surface area contributed by atoms with Gasteiger partial charge in [0.25, 0.3) is 0 Å². The van der Waals surface area contributed by atoms with Crippen molar-refractivity contribution in [3.8, 4) is 0 Å². The summed E-state index contributed by atoms with van der Waals surface area (Å²) in [6, 6.07) is 5.67. The summed E-state index contributed by atoms with van der Waals surface area (Å²) >= 11 is 0. The average molecular weight is 250 g/mol. The molecule has 2 atom stereocenters. The predicted molar refractivity (Wildman–Crippen MR) is 73.7 cm³/mol. The first-order valence-electron chi connectivity index (χ1n) is 6.82. The first kappa shape index (κ1) is 13.3. The van der Waals surface area contributed by atoms with Crippen molar-refractivity contribution in [3.63, 3.8) is 0 Å². The zero-order valence-corrected chi connectivity index (χ0v) is 11.3. The molecule has 0 aliphatic heterocycles.